The predicted molar refractivity (Wildman–Crippen MR) is 174 cm³/mol. The molecule has 1 saturated carbocycles. The smallest absolute Gasteiger partial charge is 0.193 e. The fourth-order valence-corrected chi connectivity index (χ4v) is 7.04. The maximum absolute atomic E-state index is 15.6. The third-order valence-electron chi connectivity index (χ3n) is 9.57. The highest BCUT2D eigenvalue weighted by Crippen LogP contribution is 2.38. The number of piperidine rings is 1. The monoisotopic (exact) mass is 595 g/mol. The lowest BCUT2D eigenvalue weighted by Gasteiger charge is -2.40. The number of hydrogen-bond donors (Lipinski definition) is 1. The molecule has 3 fully saturated rings. The van der Waals surface area contributed by atoms with Gasteiger partial charge in [-0.05, 0) is 87.9 Å². The van der Waals surface area contributed by atoms with Crippen LogP contribution in [0.4, 0.5) is 15.8 Å². The normalized spacial score (nSPS) is 20.7. The van der Waals surface area contributed by atoms with Gasteiger partial charge in [0.15, 0.2) is 5.43 Å². The number of pyridine rings is 3. The Bertz CT molecular complexity index is 1720. The summed E-state index contributed by atoms with van der Waals surface area (Å²) >= 11 is 0. The van der Waals surface area contributed by atoms with Crippen LogP contribution in [0.15, 0.2) is 59.8 Å². The van der Waals surface area contributed by atoms with E-state index in [0.717, 1.165) is 79.9 Å². The van der Waals surface area contributed by atoms with Crippen molar-refractivity contribution >= 4 is 22.3 Å². The van der Waals surface area contributed by atoms with E-state index < -0.39 is 0 Å². The number of rotatable bonds is 8. The topological polar surface area (TPSA) is 83.5 Å². The maximum Gasteiger partial charge on any atom is 0.193 e. The van der Waals surface area contributed by atoms with Crippen LogP contribution in [0.2, 0.25) is 0 Å². The first-order chi connectivity index (χ1) is 21.3. The number of halogens is 1. The molecule has 4 aromatic rings. The van der Waals surface area contributed by atoms with Gasteiger partial charge in [-0.3, -0.25) is 19.7 Å². The largest absolute Gasteiger partial charge is 0.369 e. The molecule has 0 bridgehead atoms. The van der Waals surface area contributed by atoms with Gasteiger partial charge in [-0.15, -0.1) is 0 Å². The zero-order chi connectivity index (χ0) is 30.4. The van der Waals surface area contributed by atoms with Crippen molar-refractivity contribution in [1.29, 1.82) is 0 Å². The molecular formula is C35H42FN7O. The molecule has 230 valence electrons. The van der Waals surface area contributed by atoms with Gasteiger partial charge in [0.05, 0.1) is 23.1 Å². The van der Waals surface area contributed by atoms with Gasteiger partial charge < -0.3 is 20.1 Å². The molecule has 44 heavy (non-hydrogen) atoms. The van der Waals surface area contributed by atoms with Gasteiger partial charge in [0.2, 0.25) is 0 Å². The molecule has 2 aliphatic heterocycles. The van der Waals surface area contributed by atoms with E-state index in [0.29, 0.717) is 36.7 Å². The molecule has 0 amide bonds. The predicted octanol–water partition coefficient (Wildman–Crippen LogP) is 5.09. The van der Waals surface area contributed by atoms with E-state index in [1.165, 1.54) is 11.6 Å². The molecule has 8 nitrogen and oxygen atoms in total. The van der Waals surface area contributed by atoms with Crippen molar-refractivity contribution in [3.63, 3.8) is 0 Å². The number of fused-ring (bicyclic) bond motifs is 1. The van der Waals surface area contributed by atoms with Gasteiger partial charge in [-0.2, -0.15) is 0 Å². The van der Waals surface area contributed by atoms with Gasteiger partial charge >= 0.3 is 0 Å². The Morgan fingerprint density at radius 1 is 0.955 bits per heavy atom. The number of aromatic nitrogens is 3. The number of anilines is 2. The van der Waals surface area contributed by atoms with Crippen molar-refractivity contribution in [2.45, 2.75) is 77.2 Å². The second-order valence-electron chi connectivity index (χ2n) is 13.0. The van der Waals surface area contributed by atoms with E-state index in [-0.39, 0.29) is 23.3 Å². The highest BCUT2D eigenvalue weighted by molar-refractivity contribution is 5.84. The van der Waals surface area contributed by atoms with Gasteiger partial charge in [0.1, 0.15) is 5.82 Å². The number of hydrogen-bond acceptors (Lipinski definition) is 7. The van der Waals surface area contributed by atoms with Crippen molar-refractivity contribution in [2.24, 2.45) is 5.73 Å². The Balaban J connectivity index is 1.25. The van der Waals surface area contributed by atoms with Crippen LogP contribution in [0.3, 0.4) is 0 Å². The summed E-state index contributed by atoms with van der Waals surface area (Å²) in [6.45, 7) is 8.43. The van der Waals surface area contributed by atoms with E-state index in [1.54, 1.807) is 0 Å². The van der Waals surface area contributed by atoms with Crippen molar-refractivity contribution in [3.05, 3.63) is 93.5 Å². The molecule has 7 rings (SSSR count). The summed E-state index contributed by atoms with van der Waals surface area (Å²) in [7, 11) is 0. The third kappa shape index (κ3) is 5.95. The van der Waals surface area contributed by atoms with E-state index in [2.05, 4.69) is 54.8 Å². The number of nitrogens with two attached hydrogens (primary N) is 1. The van der Waals surface area contributed by atoms with Crippen LogP contribution in [0, 0.1) is 19.7 Å². The SMILES string of the molecule is Cc1ccc(N2CCCC(N(Cc3ccnc(C)c3)Cc3cn(C4CC4)c4cc(N5CC[C@H](N)C5)c(F)cc4c3=O)C2)cn1. The first-order valence-electron chi connectivity index (χ1n) is 16.0. The Hall–Kier alpha value is -3.82. The molecule has 2 atom stereocenters. The lowest BCUT2D eigenvalue weighted by molar-refractivity contribution is 0.158. The lowest BCUT2D eigenvalue weighted by atomic mass is 10.0. The van der Waals surface area contributed by atoms with Crippen LogP contribution < -0.4 is 21.0 Å². The molecule has 2 saturated heterocycles. The number of aryl methyl sites for hydroxylation is 2. The van der Waals surface area contributed by atoms with Gasteiger partial charge in [0, 0.05) is 92.1 Å². The molecular weight excluding hydrogens is 553 g/mol. The van der Waals surface area contributed by atoms with Crippen LogP contribution in [-0.2, 0) is 13.1 Å². The zero-order valence-corrected chi connectivity index (χ0v) is 25.8. The van der Waals surface area contributed by atoms with Crippen LogP contribution >= 0.6 is 0 Å². The molecule has 2 N–H and O–H groups in total. The molecule has 1 aliphatic carbocycles. The Kier molecular flexibility index (Phi) is 7.84. The number of nitrogens with zero attached hydrogens (tertiary/aromatic N) is 6. The average molecular weight is 596 g/mol. The first-order valence-corrected chi connectivity index (χ1v) is 16.0. The molecule has 9 heteroatoms. The summed E-state index contributed by atoms with van der Waals surface area (Å²) in [6, 6.07) is 12.4. The van der Waals surface area contributed by atoms with Crippen molar-refractivity contribution < 1.29 is 4.39 Å². The van der Waals surface area contributed by atoms with Gasteiger partial charge in [-0.25, -0.2) is 4.39 Å². The van der Waals surface area contributed by atoms with E-state index in [1.807, 2.05) is 37.2 Å². The van der Waals surface area contributed by atoms with Crippen molar-refractivity contribution in [2.75, 3.05) is 36.0 Å². The van der Waals surface area contributed by atoms with Gasteiger partial charge in [0.25, 0.3) is 0 Å². The molecule has 0 radical (unpaired) electrons. The van der Waals surface area contributed by atoms with E-state index in [4.69, 9.17) is 5.73 Å². The summed E-state index contributed by atoms with van der Waals surface area (Å²) in [4.78, 5) is 30.0. The standard InChI is InChI=1S/C35H42FN7O/c1-23-5-6-29(17-39-23)40-12-3-4-30(22-40)42(18-25-9-11-38-24(2)14-25)19-26-20-43(28-7-8-28)33-16-34(41-13-10-27(37)21-41)32(36)15-31(33)35(26)44/h5-6,9,11,14-17,20,27-28,30H,3-4,7-8,10,12-13,18-19,21-22,37H2,1-2H3/t27-,30?/m0/s1. The molecule has 1 aromatic carbocycles. The third-order valence-corrected chi connectivity index (χ3v) is 9.57. The first kappa shape index (κ1) is 28.9. The van der Waals surface area contributed by atoms with Gasteiger partial charge in [-0.1, -0.05) is 0 Å². The van der Waals surface area contributed by atoms with Crippen LogP contribution in [-0.4, -0.2) is 57.7 Å². The van der Waals surface area contributed by atoms with Crippen LogP contribution in [0.5, 0.6) is 0 Å². The molecule has 0 spiro atoms. The fourth-order valence-electron chi connectivity index (χ4n) is 7.04. The molecule has 3 aliphatic rings. The molecule has 3 aromatic heterocycles. The average Bonchev–Trinajstić information content (AvgIpc) is 3.78. The quantitative estimate of drug-likeness (QED) is 0.304. The maximum atomic E-state index is 15.6. The Morgan fingerprint density at radius 2 is 1.82 bits per heavy atom. The second-order valence-corrected chi connectivity index (χ2v) is 13.0. The Morgan fingerprint density at radius 3 is 2.55 bits per heavy atom. The minimum absolute atomic E-state index is 0.0475. The van der Waals surface area contributed by atoms with Crippen LogP contribution in [0.25, 0.3) is 10.9 Å². The highest BCUT2D eigenvalue weighted by atomic mass is 19.1. The lowest BCUT2D eigenvalue weighted by Crippen LogP contribution is -2.48. The van der Waals surface area contributed by atoms with Crippen LogP contribution in [0.1, 0.15) is 60.7 Å². The fraction of sp³-hybridized carbons (Fsp3) is 0.457. The minimum atomic E-state index is -0.345. The number of benzene rings is 1. The summed E-state index contributed by atoms with van der Waals surface area (Å²) in [5.74, 6) is -0.345. The highest BCUT2D eigenvalue weighted by Gasteiger charge is 2.30. The summed E-state index contributed by atoms with van der Waals surface area (Å²) in [5, 5.41) is 0.467. The van der Waals surface area contributed by atoms with Crippen molar-refractivity contribution in [1.82, 2.24) is 19.4 Å². The zero-order valence-electron chi connectivity index (χ0n) is 25.8. The van der Waals surface area contributed by atoms with E-state index >= 15 is 4.39 Å². The van der Waals surface area contributed by atoms with E-state index in [9.17, 15) is 4.79 Å². The minimum Gasteiger partial charge on any atom is -0.369 e. The second kappa shape index (κ2) is 11.9. The molecule has 1 unspecified atom stereocenters. The molecule has 5 heterocycles. The Labute approximate surface area is 258 Å². The summed E-state index contributed by atoms with van der Waals surface area (Å²) in [6.07, 6.45) is 11.0. The summed E-state index contributed by atoms with van der Waals surface area (Å²) < 4.78 is 17.8. The van der Waals surface area contributed by atoms with Crippen molar-refractivity contribution in [3.8, 4) is 0 Å². The summed E-state index contributed by atoms with van der Waals surface area (Å²) in [5.41, 5.74) is 12.5.